The predicted octanol–water partition coefficient (Wildman–Crippen LogP) is 2.85. The van der Waals surface area contributed by atoms with Crippen molar-refractivity contribution in [3.8, 4) is 11.3 Å². The summed E-state index contributed by atoms with van der Waals surface area (Å²) >= 11 is 0. The first-order valence-corrected chi connectivity index (χ1v) is 5.95. The number of nitrogens with zero attached hydrogens (tertiary/aromatic N) is 1. The summed E-state index contributed by atoms with van der Waals surface area (Å²) in [5, 5.41) is 0. The van der Waals surface area contributed by atoms with E-state index in [9.17, 15) is 4.79 Å². The largest absolute Gasteiger partial charge is 0.466 e. The van der Waals surface area contributed by atoms with Crippen LogP contribution in [0.5, 0.6) is 0 Å². The Kier molecular flexibility index (Phi) is 4.07. The molecule has 2 aromatic rings. The second-order valence-corrected chi connectivity index (χ2v) is 3.90. The van der Waals surface area contributed by atoms with Crippen molar-refractivity contribution in [1.29, 1.82) is 0 Å². The first-order valence-electron chi connectivity index (χ1n) is 5.95. The lowest BCUT2D eigenvalue weighted by Gasteiger charge is -2.03. The van der Waals surface area contributed by atoms with Crippen molar-refractivity contribution in [2.45, 2.75) is 13.3 Å². The van der Waals surface area contributed by atoms with Crippen molar-refractivity contribution >= 4 is 5.97 Å². The van der Waals surface area contributed by atoms with Gasteiger partial charge in [-0.15, -0.1) is 0 Å². The van der Waals surface area contributed by atoms with E-state index < -0.39 is 0 Å². The molecule has 0 fully saturated rings. The normalized spacial score (nSPS) is 10.1. The van der Waals surface area contributed by atoms with Gasteiger partial charge in [0.05, 0.1) is 18.7 Å². The minimum atomic E-state index is -0.216. The molecule has 0 bridgehead atoms. The summed E-state index contributed by atoms with van der Waals surface area (Å²) < 4.78 is 4.89. The molecular formula is C15H15NO2. The Bertz CT molecular complexity index is 506. The van der Waals surface area contributed by atoms with E-state index >= 15 is 0 Å². The zero-order valence-electron chi connectivity index (χ0n) is 10.3. The van der Waals surface area contributed by atoms with Crippen molar-refractivity contribution in [3.05, 3.63) is 54.2 Å². The van der Waals surface area contributed by atoms with Gasteiger partial charge in [-0.1, -0.05) is 36.4 Å². The molecule has 1 aromatic heterocycles. The van der Waals surface area contributed by atoms with Gasteiger partial charge < -0.3 is 4.74 Å². The highest BCUT2D eigenvalue weighted by atomic mass is 16.5. The summed E-state index contributed by atoms with van der Waals surface area (Å²) in [4.78, 5) is 15.7. The number of esters is 1. The van der Waals surface area contributed by atoms with E-state index in [1.807, 2.05) is 42.5 Å². The molecule has 0 N–H and O–H groups in total. The van der Waals surface area contributed by atoms with Gasteiger partial charge in [0.1, 0.15) is 0 Å². The van der Waals surface area contributed by atoms with Gasteiger partial charge in [-0.2, -0.15) is 0 Å². The number of carbonyl (C=O) groups excluding carboxylic acids is 1. The third-order valence-electron chi connectivity index (χ3n) is 2.55. The minimum absolute atomic E-state index is 0.216. The first kappa shape index (κ1) is 12.3. The molecule has 2 rings (SSSR count). The average Bonchev–Trinajstić information content (AvgIpc) is 2.41. The molecular weight excluding hydrogens is 226 g/mol. The van der Waals surface area contributed by atoms with E-state index in [1.165, 1.54) is 0 Å². The molecule has 0 saturated carbocycles. The Balaban J connectivity index is 2.09. The van der Waals surface area contributed by atoms with Crippen LogP contribution in [-0.2, 0) is 16.0 Å². The molecule has 0 aliphatic rings. The lowest BCUT2D eigenvalue weighted by atomic mass is 10.1. The van der Waals surface area contributed by atoms with Crippen LogP contribution in [0, 0.1) is 0 Å². The van der Waals surface area contributed by atoms with Gasteiger partial charge in [0, 0.05) is 11.8 Å². The van der Waals surface area contributed by atoms with Crippen molar-refractivity contribution in [2.24, 2.45) is 0 Å². The second-order valence-electron chi connectivity index (χ2n) is 3.90. The maximum Gasteiger partial charge on any atom is 0.310 e. The van der Waals surface area contributed by atoms with Crippen molar-refractivity contribution < 1.29 is 9.53 Å². The van der Waals surface area contributed by atoms with Crippen LogP contribution in [-0.4, -0.2) is 17.6 Å². The lowest BCUT2D eigenvalue weighted by molar-refractivity contribution is -0.142. The number of rotatable bonds is 4. The van der Waals surface area contributed by atoms with Crippen molar-refractivity contribution in [3.63, 3.8) is 0 Å². The van der Waals surface area contributed by atoms with Crippen LogP contribution in [0.25, 0.3) is 11.3 Å². The highest BCUT2D eigenvalue weighted by Gasteiger charge is 2.05. The van der Waals surface area contributed by atoms with Gasteiger partial charge in [0.15, 0.2) is 0 Å². The highest BCUT2D eigenvalue weighted by molar-refractivity contribution is 5.72. The molecule has 92 valence electrons. The molecule has 0 aliphatic heterocycles. The minimum Gasteiger partial charge on any atom is -0.466 e. The van der Waals surface area contributed by atoms with Crippen LogP contribution in [0.2, 0.25) is 0 Å². The predicted molar refractivity (Wildman–Crippen MR) is 70.0 cm³/mol. The first-order chi connectivity index (χ1) is 8.79. The van der Waals surface area contributed by atoms with Gasteiger partial charge in [-0.25, -0.2) is 0 Å². The molecule has 1 heterocycles. The van der Waals surface area contributed by atoms with Crippen LogP contribution >= 0.6 is 0 Å². The van der Waals surface area contributed by atoms with Gasteiger partial charge in [-0.3, -0.25) is 9.78 Å². The lowest BCUT2D eigenvalue weighted by Crippen LogP contribution is -2.07. The summed E-state index contributed by atoms with van der Waals surface area (Å²) in [6.45, 7) is 2.21. The molecule has 0 atom stereocenters. The van der Waals surface area contributed by atoms with Crippen molar-refractivity contribution in [2.75, 3.05) is 6.61 Å². The van der Waals surface area contributed by atoms with Crippen LogP contribution < -0.4 is 0 Å². The maximum atomic E-state index is 11.3. The molecule has 3 heteroatoms. The SMILES string of the molecule is CCOC(=O)Cc1ccc(-c2ccccc2)nc1. The third kappa shape index (κ3) is 3.17. The number of benzene rings is 1. The van der Waals surface area contributed by atoms with E-state index in [2.05, 4.69) is 4.98 Å². The van der Waals surface area contributed by atoms with Gasteiger partial charge in [-0.05, 0) is 18.6 Å². The molecule has 0 spiro atoms. The fraction of sp³-hybridized carbons (Fsp3) is 0.200. The van der Waals surface area contributed by atoms with Crippen molar-refractivity contribution in [1.82, 2.24) is 4.98 Å². The highest BCUT2D eigenvalue weighted by Crippen LogP contribution is 2.16. The molecule has 1 aromatic carbocycles. The van der Waals surface area contributed by atoms with Crippen LogP contribution in [0.3, 0.4) is 0 Å². The van der Waals surface area contributed by atoms with E-state index in [0.29, 0.717) is 6.61 Å². The smallest absolute Gasteiger partial charge is 0.310 e. The maximum absolute atomic E-state index is 11.3. The fourth-order valence-corrected chi connectivity index (χ4v) is 1.69. The molecule has 18 heavy (non-hydrogen) atoms. The second kappa shape index (κ2) is 5.96. The van der Waals surface area contributed by atoms with Gasteiger partial charge >= 0.3 is 5.97 Å². The number of hydrogen-bond acceptors (Lipinski definition) is 3. The standard InChI is InChI=1S/C15H15NO2/c1-2-18-15(17)10-12-8-9-14(16-11-12)13-6-4-3-5-7-13/h3-9,11H,2,10H2,1H3. The number of aromatic nitrogens is 1. The molecule has 0 amide bonds. The molecule has 0 radical (unpaired) electrons. The topological polar surface area (TPSA) is 39.2 Å². The Labute approximate surface area is 106 Å². The summed E-state index contributed by atoms with van der Waals surface area (Å²) in [6, 6.07) is 13.8. The number of hydrogen-bond donors (Lipinski definition) is 0. The van der Waals surface area contributed by atoms with E-state index in [0.717, 1.165) is 16.8 Å². The Hall–Kier alpha value is -2.16. The van der Waals surface area contributed by atoms with E-state index in [-0.39, 0.29) is 12.4 Å². The number of carbonyl (C=O) groups is 1. The Morgan fingerprint density at radius 1 is 1.17 bits per heavy atom. The Morgan fingerprint density at radius 3 is 2.56 bits per heavy atom. The molecule has 0 saturated heterocycles. The van der Waals surface area contributed by atoms with E-state index in [4.69, 9.17) is 4.74 Å². The Morgan fingerprint density at radius 2 is 1.94 bits per heavy atom. The summed E-state index contributed by atoms with van der Waals surface area (Å²) in [5.41, 5.74) is 2.84. The van der Waals surface area contributed by atoms with Crippen LogP contribution in [0.15, 0.2) is 48.7 Å². The molecule has 0 aliphatic carbocycles. The van der Waals surface area contributed by atoms with E-state index in [1.54, 1.807) is 13.1 Å². The number of pyridine rings is 1. The third-order valence-corrected chi connectivity index (χ3v) is 2.55. The van der Waals surface area contributed by atoms with Gasteiger partial charge in [0.2, 0.25) is 0 Å². The summed E-state index contributed by atoms with van der Waals surface area (Å²) in [5.74, 6) is -0.216. The molecule has 0 unspecified atom stereocenters. The summed E-state index contributed by atoms with van der Waals surface area (Å²) in [6.07, 6.45) is 2.00. The van der Waals surface area contributed by atoms with Crippen LogP contribution in [0.4, 0.5) is 0 Å². The van der Waals surface area contributed by atoms with Crippen LogP contribution in [0.1, 0.15) is 12.5 Å². The number of ether oxygens (including phenoxy) is 1. The zero-order valence-corrected chi connectivity index (χ0v) is 10.3. The monoisotopic (exact) mass is 241 g/mol. The van der Waals surface area contributed by atoms with Gasteiger partial charge in [0.25, 0.3) is 0 Å². The summed E-state index contributed by atoms with van der Waals surface area (Å²) in [7, 11) is 0. The fourth-order valence-electron chi connectivity index (χ4n) is 1.69. The molecule has 3 nitrogen and oxygen atoms in total. The quantitative estimate of drug-likeness (QED) is 0.773. The average molecular weight is 241 g/mol. The zero-order chi connectivity index (χ0) is 12.8.